The summed E-state index contributed by atoms with van der Waals surface area (Å²) in [5.41, 5.74) is 1.75. The number of hydrogen-bond acceptors (Lipinski definition) is 3. The summed E-state index contributed by atoms with van der Waals surface area (Å²) in [5, 5.41) is 3.85. The Morgan fingerprint density at radius 2 is 1.64 bits per heavy atom. The molecule has 118 valence electrons. The molecular formula is C17H20Br2N2S. The molecule has 1 atom stereocenters. The van der Waals surface area contributed by atoms with Gasteiger partial charge in [0.05, 0.1) is 11.9 Å². The van der Waals surface area contributed by atoms with E-state index in [2.05, 4.69) is 54.0 Å². The molecule has 5 heteroatoms. The van der Waals surface area contributed by atoms with Crippen molar-refractivity contribution in [3.05, 3.63) is 21.1 Å². The number of hydrogen-bond donors (Lipinski definition) is 2. The van der Waals surface area contributed by atoms with Gasteiger partial charge in [0, 0.05) is 19.3 Å². The predicted molar refractivity (Wildman–Crippen MR) is 98.9 cm³/mol. The molecular weight excluding hydrogens is 424 g/mol. The van der Waals surface area contributed by atoms with E-state index in [0.717, 1.165) is 22.2 Å². The zero-order valence-corrected chi connectivity index (χ0v) is 16.4. The minimum Gasteiger partial charge on any atom is -0.367 e. The molecule has 2 N–H and O–H groups in total. The summed E-state index contributed by atoms with van der Waals surface area (Å²) in [6.45, 7) is 0. The summed E-state index contributed by atoms with van der Waals surface area (Å²) in [5.74, 6) is 2.99. The van der Waals surface area contributed by atoms with Crippen molar-refractivity contribution in [3.8, 4) is 0 Å². The Hall–Kier alpha value is 0.290. The number of nitrogens with one attached hydrogen (secondary N) is 2. The van der Waals surface area contributed by atoms with Gasteiger partial charge >= 0.3 is 0 Å². The molecule has 4 fully saturated rings. The Labute approximate surface area is 153 Å². The molecule has 0 aromatic heterocycles. The van der Waals surface area contributed by atoms with E-state index in [4.69, 9.17) is 0 Å². The molecule has 1 aliphatic heterocycles. The van der Waals surface area contributed by atoms with Crippen LogP contribution in [0, 0.1) is 23.2 Å². The van der Waals surface area contributed by atoms with Gasteiger partial charge in [-0.25, -0.2) is 4.72 Å². The van der Waals surface area contributed by atoms with Gasteiger partial charge in [-0.05, 0) is 96.3 Å². The van der Waals surface area contributed by atoms with Gasteiger partial charge in [-0.2, -0.15) is 0 Å². The second-order valence-electron chi connectivity index (χ2n) is 7.84. The summed E-state index contributed by atoms with van der Waals surface area (Å²) < 4.78 is 6.05. The molecule has 0 amide bonds. The van der Waals surface area contributed by atoms with Crippen molar-refractivity contribution in [2.24, 2.45) is 23.2 Å². The Balaban J connectivity index is 1.47. The second-order valence-corrected chi connectivity index (χ2v) is 10.5. The van der Waals surface area contributed by atoms with Crippen molar-refractivity contribution >= 4 is 49.5 Å². The van der Waals surface area contributed by atoms with Crippen LogP contribution in [0.4, 0.5) is 5.69 Å². The molecule has 4 bridgehead atoms. The maximum absolute atomic E-state index is 3.85. The SMILES string of the molecule is Brc1cc(Br)c2c(c1)SNC(C13CC4CC(CC(C4)C1)C3)N2. The first-order valence-electron chi connectivity index (χ1n) is 8.29. The third-order valence-corrected chi connectivity index (χ3v) is 8.27. The zero-order chi connectivity index (χ0) is 14.9. The number of benzene rings is 1. The zero-order valence-electron chi connectivity index (χ0n) is 12.4. The quantitative estimate of drug-likeness (QED) is 0.538. The van der Waals surface area contributed by atoms with Crippen molar-refractivity contribution < 1.29 is 0 Å². The standard InChI is InChI=1S/C17H20Br2N2S/c18-12-4-13(19)15-14(5-12)22-21-16(20-15)17-6-9-1-10(7-17)3-11(2-9)8-17/h4-5,9-11,16,20-21H,1-3,6-8H2. The fourth-order valence-corrected chi connectivity index (χ4v) is 8.51. The molecule has 2 nitrogen and oxygen atoms in total. The van der Waals surface area contributed by atoms with Gasteiger partial charge in [-0.15, -0.1) is 0 Å². The van der Waals surface area contributed by atoms with Crippen LogP contribution >= 0.6 is 43.8 Å². The Morgan fingerprint density at radius 3 is 2.27 bits per heavy atom. The van der Waals surface area contributed by atoms with Gasteiger partial charge in [0.25, 0.3) is 0 Å². The molecule has 0 spiro atoms. The first kappa shape index (κ1) is 14.6. The van der Waals surface area contributed by atoms with Crippen LogP contribution in [0.15, 0.2) is 26.0 Å². The van der Waals surface area contributed by atoms with Crippen LogP contribution in [0.5, 0.6) is 0 Å². The number of anilines is 1. The first-order valence-corrected chi connectivity index (χ1v) is 10.7. The van der Waals surface area contributed by atoms with Crippen LogP contribution in [0.25, 0.3) is 0 Å². The third kappa shape index (κ3) is 2.22. The molecule has 1 heterocycles. The molecule has 5 aliphatic rings. The second kappa shape index (κ2) is 5.14. The average molecular weight is 444 g/mol. The highest BCUT2D eigenvalue weighted by atomic mass is 79.9. The fraction of sp³-hybridized carbons (Fsp3) is 0.647. The minimum atomic E-state index is 0.413. The topological polar surface area (TPSA) is 24.1 Å². The monoisotopic (exact) mass is 442 g/mol. The molecule has 1 aromatic carbocycles. The normalized spacial score (nSPS) is 42.1. The van der Waals surface area contributed by atoms with Crippen LogP contribution in [0.2, 0.25) is 0 Å². The molecule has 1 aromatic rings. The van der Waals surface area contributed by atoms with E-state index < -0.39 is 0 Å². The first-order chi connectivity index (χ1) is 10.6. The maximum Gasteiger partial charge on any atom is 0.0920 e. The lowest BCUT2D eigenvalue weighted by atomic mass is 9.48. The highest BCUT2D eigenvalue weighted by Gasteiger charge is 2.55. The third-order valence-electron chi connectivity index (χ3n) is 6.29. The molecule has 1 unspecified atom stereocenters. The van der Waals surface area contributed by atoms with Crippen LogP contribution in [-0.4, -0.2) is 6.17 Å². The summed E-state index contributed by atoms with van der Waals surface area (Å²) >= 11 is 9.13. The predicted octanol–water partition coefficient (Wildman–Crippen LogP) is 5.78. The molecule has 0 saturated heterocycles. The molecule has 22 heavy (non-hydrogen) atoms. The van der Waals surface area contributed by atoms with Crippen molar-refractivity contribution in [2.75, 3.05) is 5.32 Å². The molecule has 0 radical (unpaired) electrons. The largest absolute Gasteiger partial charge is 0.367 e. The van der Waals surface area contributed by atoms with Gasteiger partial charge in [0.15, 0.2) is 0 Å². The molecule has 6 rings (SSSR count). The van der Waals surface area contributed by atoms with Crippen LogP contribution in [-0.2, 0) is 0 Å². The number of fused-ring (bicyclic) bond motifs is 1. The van der Waals surface area contributed by atoms with Gasteiger partial charge in [-0.1, -0.05) is 15.9 Å². The molecule has 4 saturated carbocycles. The van der Waals surface area contributed by atoms with Crippen molar-refractivity contribution in [3.63, 3.8) is 0 Å². The van der Waals surface area contributed by atoms with E-state index in [9.17, 15) is 0 Å². The van der Waals surface area contributed by atoms with E-state index >= 15 is 0 Å². The van der Waals surface area contributed by atoms with Gasteiger partial charge in [0.1, 0.15) is 0 Å². The average Bonchev–Trinajstić information content (AvgIpc) is 2.45. The highest BCUT2D eigenvalue weighted by molar-refractivity contribution is 9.11. The van der Waals surface area contributed by atoms with Crippen LogP contribution in [0.3, 0.4) is 0 Å². The fourth-order valence-electron chi connectivity index (χ4n) is 5.88. The van der Waals surface area contributed by atoms with Gasteiger partial charge in [-0.3, -0.25) is 0 Å². The lowest BCUT2D eigenvalue weighted by molar-refractivity contribution is -0.0647. The van der Waals surface area contributed by atoms with Crippen molar-refractivity contribution in [2.45, 2.75) is 49.6 Å². The highest BCUT2D eigenvalue weighted by Crippen LogP contribution is 2.62. The van der Waals surface area contributed by atoms with Crippen molar-refractivity contribution in [1.82, 2.24) is 4.72 Å². The van der Waals surface area contributed by atoms with Crippen molar-refractivity contribution in [1.29, 1.82) is 0 Å². The minimum absolute atomic E-state index is 0.413. The number of halogens is 2. The number of rotatable bonds is 1. The van der Waals surface area contributed by atoms with E-state index in [0.29, 0.717) is 11.6 Å². The lowest BCUT2D eigenvalue weighted by Gasteiger charge is -2.60. The van der Waals surface area contributed by atoms with E-state index in [1.54, 1.807) is 11.9 Å². The Bertz CT molecular complexity index is 598. The van der Waals surface area contributed by atoms with E-state index in [1.165, 1.54) is 53.6 Å². The lowest BCUT2D eigenvalue weighted by Crippen LogP contribution is -2.58. The maximum atomic E-state index is 3.85. The van der Waals surface area contributed by atoms with Gasteiger partial charge in [0.2, 0.25) is 0 Å². The smallest absolute Gasteiger partial charge is 0.0920 e. The van der Waals surface area contributed by atoms with Crippen LogP contribution < -0.4 is 10.0 Å². The summed E-state index contributed by atoms with van der Waals surface area (Å²) in [7, 11) is 0. The van der Waals surface area contributed by atoms with E-state index in [-0.39, 0.29) is 0 Å². The molecule has 4 aliphatic carbocycles. The Kier molecular flexibility index (Phi) is 3.42. The summed E-state index contributed by atoms with van der Waals surface area (Å²) in [4.78, 5) is 1.28. The van der Waals surface area contributed by atoms with Gasteiger partial charge < -0.3 is 5.32 Å². The Morgan fingerprint density at radius 1 is 1.00 bits per heavy atom. The van der Waals surface area contributed by atoms with E-state index in [1.807, 2.05) is 0 Å². The summed E-state index contributed by atoms with van der Waals surface area (Å²) in [6.07, 6.45) is 9.20. The van der Waals surface area contributed by atoms with Crippen LogP contribution in [0.1, 0.15) is 38.5 Å². The summed E-state index contributed by atoms with van der Waals surface area (Å²) in [6, 6.07) is 4.34.